The van der Waals surface area contributed by atoms with Crippen molar-refractivity contribution >= 4 is 17.2 Å². The predicted octanol–water partition coefficient (Wildman–Crippen LogP) is 2.22. The van der Waals surface area contributed by atoms with Crippen molar-refractivity contribution in [2.24, 2.45) is 7.05 Å². The van der Waals surface area contributed by atoms with Crippen LogP contribution in [0.2, 0.25) is 0 Å². The number of hydrogen-bond acceptors (Lipinski definition) is 6. The number of pyridine rings is 2. The van der Waals surface area contributed by atoms with Crippen LogP contribution in [0.3, 0.4) is 0 Å². The zero-order chi connectivity index (χ0) is 22.5. The molecule has 0 aliphatic heterocycles. The minimum Gasteiger partial charge on any atom is -0.368 e. The molecule has 0 radical (unpaired) electrons. The Morgan fingerprint density at radius 3 is 2.69 bits per heavy atom. The Hall–Kier alpha value is -4.63. The number of anilines is 1. The molecule has 9 heteroatoms. The molecule has 4 aromatic rings. The Labute approximate surface area is 184 Å². The summed E-state index contributed by atoms with van der Waals surface area (Å²) in [5, 5.41) is 24.0. The van der Waals surface area contributed by atoms with Crippen molar-refractivity contribution in [2.75, 3.05) is 18.4 Å². The Bertz CT molecular complexity index is 1350. The number of rotatable bonds is 7. The van der Waals surface area contributed by atoms with E-state index in [1.807, 2.05) is 37.6 Å². The normalized spacial score (nSPS) is 10.5. The molecular formula is C23H20N8O. The van der Waals surface area contributed by atoms with Gasteiger partial charge in [-0.05, 0) is 18.2 Å². The lowest BCUT2D eigenvalue weighted by molar-refractivity contribution is -0.120. The maximum absolute atomic E-state index is 11.4. The molecule has 0 aliphatic carbocycles. The Kier molecular flexibility index (Phi) is 5.82. The highest BCUT2D eigenvalue weighted by Gasteiger charge is 2.14. The zero-order valence-corrected chi connectivity index (χ0v) is 17.4. The topological polar surface area (TPSA) is 113 Å². The molecule has 0 bridgehead atoms. The second-order valence-corrected chi connectivity index (χ2v) is 7.10. The van der Waals surface area contributed by atoms with Gasteiger partial charge in [-0.1, -0.05) is 5.92 Å². The fourth-order valence-electron chi connectivity index (χ4n) is 3.36. The van der Waals surface area contributed by atoms with Crippen molar-refractivity contribution in [3.05, 3.63) is 54.7 Å². The molecule has 0 atom stereocenters. The first-order valence-corrected chi connectivity index (χ1v) is 9.90. The molecule has 32 heavy (non-hydrogen) atoms. The maximum atomic E-state index is 11.4. The third-order valence-electron chi connectivity index (χ3n) is 4.86. The number of nitriles is 1. The largest absolute Gasteiger partial charge is 0.368 e. The van der Waals surface area contributed by atoms with Gasteiger partial charge in [0.05, 0.1) is 29.9 Å². The van der Waals surface area contributed by atoms with Gasteiger partial charge in [0.1, 0.15) is 11.9 Å². The molecule has 4 heterocycles. The van der Waals surface area contributed by atoms with E-state index in [4.69, 9.17) is 6.42 Å². The molecule has 1 amide bonds. The van der Waals surface area contributed by atoms with E-state index in [2.05, 4.69) is 37.8 Å². The highest BCUT2D eigenvalue weighted by Crippen LogP contribution is 2.31. The summed E-state index contributed by atoms with van der Waals surface area (Å²) in [5.74, 6) is 2.80. The van der Waals surface area contributed by atoms with Crippen molar-refractivity contribution in [3.8, 4) is 40.7 Å². The number of aromatic nitrogens is 5. The zero-order valence-electron chi connectivity index (χ0n) is 17.4. The van der Waals surface area contributed by atoms with E-state index in [0.717, 1.165) is 27.8 Å². The van der Waals surface area contributed by atoms with E-state index in [-0.39, 0.29) is 12.3 Å². The smallest absolute Gasteiger partial charge is 0.232 e. The Morgan fingerprint density at radius 1 is 1.12 bits per heavy atom. The average Bonchev–Trinajstić information content (AvgIpc) is 3.42. The number of nitrogens with one attached hydrogen (secondary N) is 2. The first-order chi connectivity index (χ1) is 15.6. The molecule has 9 nitrogen and oxygen atoms in total. The number of carbonyl (C=O) groups is 1. The SMILES string of the molecule is C#CCC(=O)NCCNc1ccc(-c2cc(-c3cnn(C)c3)cn3ncc(C#N)c23)cn1. The van der Waals surface area contributed by atoms with Gasteiger partial charge in [-0.15, -0.1) is 6.42 Å². The molecule has 0 saturated carbocycles. The second kappa shape index (κ2) is 9.02. The van der Waals surface area contributed by atoms with Gasteiger partial charge in [0.2, 0.25) is 5.91 Å². The van der Waals surface area contributed by atoms with Gasteiger partial charge in [-0.25, -0.2) is 9.50 Å². The third-order valence-corrected chi connectivity index (χ3v) is 4.86. The molecule has 0 spiro atoms. The van der Waals surface area contributed by atoms with Gasteiger partial charge < -0.3 is 10.6 Å². The summed E-state index contributed by atoms with van der Waals surface area (Å²) in [6.45, 7) is 0.962. The van der Waals surface area contributed by atoms with E-state index in [0.29, 0.717) is 24.5 Å². The van der Waals surface area contributed by atoms with Gasteiger partial charge in [-0.2, -0.15) is 15.5 Å². The minimum atomic E-state index is -0.177. The van der Waals surface area contributed by atoms with Crippen LogP contribution < -0.4 is 10.6 Å². The van der Waals surface area contributed by atoms with E-state index >= 15 is 0 Å². The van der Waals surface area contributed by atoms with Gasteiger partial charge >= 0.3 is 0 Å². The lowest BCUT2D eigenvalue weighted by Gasteiger charge is -2.10. The molecule has 0 saturated heterocycles. The Morgan fingerprint density at radius 2 is 2.00 bits per heavy atom. The van der Waals surface area contributed by atoms with Gasteiger partial charge in [0.15, 0.2) is 0 Å². The van der Waals surface area contributed by atoms with Crippen molar-refractivity contribution in [3.63, 3.8) is 0 Å². The molecular weight excluding hydrogens is 404 g/mol. The lowest BCUT2D eigenvalue weighted by atomic mass is 10.0. The van der Waals surface area contributed by atoms with E-state index < -0.39 is 0 Å². The summed E-state index contributed by atoms with van der Waals surface area (Å²) in [6.07, 6.45) is 14.1. The summed E-state index contributed by atoms with van der Waals surface area (Å²) in [4.78, 5) is 15.9. The van der Waals surface area contributed by atoms with Crippen LogP contribution in [-0.4, -0.2) is 43.4 Å². The van der Waals surface area contributed by atoms with Crippen LogP contribution in [0.4, 0.5) is 5.82 Å². The second-order valence-electron chi connectivity index (χ2n) is 7.10. The van der Waals surface area contributed by atoms with Crippen LogP contribution >= 0.6 is 0 Å². The van der Waals surface area contributed by atoms with Crippen molar-refractivity contribution < 1.29 is 4.79 Å². The molecule has 0 fully saturated rings. The van der Waals surface area contributed by atoms with Crippen LogP contribution in [0.15, 0.2) is 49.2 Å². The third kappa shape index (κ3) is 4.27. The molecule has 0 unspecified atom stereocenters. The molecule has 158 valence electrons. The summed E-state index contributed by atoms with van der Waals surface area (Å²) in [6, 6.07) is 8.01. The molecule has 4 aromatic heterocycles. The number of amides is 1. The predicted molar refractivity (Wildman–Crippen MR) is 120 cm³/mol. The number of aryl methyl sites for hydroxylation is 1. The lowest BCUT2D eigenvalue weighted by Crippen LogP contribution is -2.28. The highest BCUT2D eigenvalue weighted by atomic mass is 16.1. The van der Waals surface area contributed by atoms with Crippen LogP contribution in [0.25, 0.3) is 27.8 Å². The number of hydrogen-bond donors (Lipinski definition) is 2. The van der Waals surface area contributed by atoms with Gasteiger partial charge in [0.25, 0.3) is 0 Å². The van der Waals surface area contributed by atoms with Crippen LogP contribution in [0.5, 0.6) is 0 Å². The van der Waals surface area contributed by atoms with Gasteiger partial charge in [0, 0.05) is 61.0 Å². The van der Waals surface area contributed by atoms with Gasteiger partial charge in [-0.3, -0.25) is 9.48 Å². The first kappa shape index (κ1) is 20.6. The van der Waals surface area contributed by atoms with E-state index in [1.165, 1.54) is 0 Å². The maximum Gasteiger partial charge on any atom is 0.232 e. The number of nitrogens with zero attached hydrogens (tertiary/aromatic N) is 6. The molecule has 2 N–H and O–H groups in total. The summed E-state index contributed by atoms with van der Waals surface area (Å²) in [5.41, 5.74) is 4.79. The fourth-order valence-corrected chi connectivity index (χ4v) is 3.36. The monoisotopic (exact) mass is 424 g/mol. The molecule has 0 aliphatic rings. The quantitative estimate of drug-likeness (QED) is 0.347. The molecule has 4 rings (SSSR count). The number of terminal acetylenes is 1. The molecule has 0 aromatic carbocycles. The van der Waals surface area contributed by atoms with Crippen LogP contribution in [0.1, 0.15) is 12.0 Å². The minimum absolute atomic E-state index is 0.0683. The standard InChI is InChI=1S/C23H20N8O/c1-3-4-22(32)26-8-7-25-21-6-5-16(11-27-21)20-9-17(19-13-28-30(2)14-19)15-31-23(20)18(10-24)12-29-31/h1,5-6,9,11-15H,4,7-8H2,2H3,(H,25,27)(H,26,32). The number of fused-ring (bicyclic) bond motifs is 1. The fraction of sp³-hybridized carbons (Fsp3) is 0.174. The van der Waals surface area contributed by atoms with Crippen molar-refractivity contribution in [1.82, 2.24) is 29.7 Å². The average molecular weight is 424 g/mol. The number of carbonyl (C=O) groups excluding carboxylic acids is 1. The first-order valence-electron chi connectivity index (χ1n) is 9.90. The Balaban J connectivity index is 1.60. The highest BCUT2D eigenvalue weighted by molar-refractivity contribution is 5.87. The van der Waals surface area contributed by atoms with E-state index in [9.17, 15) is 10.1 Å². The van der Waals surface area contributed by atoms with Crippen LogP contribution in [-0.2, 0) is 11.8 Å². The van der Waals surface area contributed by atoms with Crippen molar-refractivity contribution in [1.29, 1.82) is 5.26 Å². The summed E-state index contributed by atoms with van der Waals surface area (Å²) >= 11 is 0. The van der Waals surface area contributed by atoms with Crippen LogP contribution in [0, 0.1) is 23.7 Å². The summed E-state index contributed by atoms with van der Waals surface area (Å²) < 4.78 is 3.45. The van der Waals surface area contributed by atoms with Crippen molar-refractivity contribution in [2.45, 2.75) is 6.42 Å². The van der Waals surface area contributed by atoms with E-state index in [1.54, 1.807) is 27.8 Å². The summed E-state index contributed by atoms with van der Waals surface area (Å²) in [7, 11) is 1.86.